The predicted octanol–water partition coefficient (Wildman–Crippen LogP) is 6.06. The fourth-order valence-corrected chi connectivity index (χ4v) is 3.74. The van der Waals surface area contributed by atoms with E-state index in [0.717, 1.165) is 32.2 Å². The molecule has 27 heavy (non-hydrogen) atoms. The van der Waals surface area contributed by atoms with Crippen LogP contribution in [-0.2, 0) is 14.3 Å². The summed E-state index contributed by atoms with van der Waals surface area (Å²) < 4.78 is 12.8. The smallest absolute Gasteiger partial charge is 0.311 e. The Morgan fingerprint density at radius 2 is 1.78 bits per heavy atom. The molecule has 0 saturated heterocycles. The van der Waals surface area contributed by atoms with Crippen LogP contribution in [0.2, 0.25) is 0 Å². The van der Waals surface area contributed by atoms with E-state index in [9.17, 15) is 4.79 Å². The molecule has 4 nitrogen and oxygen atoms in total. The first kappa shape index (κ1) is 21.8. The Morgan fingerprint density at radius 3 is 2.33 bits per heavy atom. The van der Waals surface area contributed by atoms with Crippen molar-refractivity contribution in [1.29, 1.82) is 0 Å². The number of esters is 1. The lowest BCUT2D eigenvalue weighted by Crippen LogP contribution is -2.30. The van der Waals surface area contributed by atoms with E-state index >= 15 is 0 Å². The lowest BCUT2D eigenvalue weighted by Gasteiger charge is -2.30. The van der Waals surface area contributed by atoms with E-state index in [2.05, 4.69) is 33.0 Å². The van der Waals surface area contributed by atoms with Crippen molar-refractivity contribution < 1.29 is 14.3 Å². The molecule has 0 N–H and O–H groups in total. The Balaban J connectivity index is 2.48. The highest BCUT2D eigenvalue weighted by Crippen LogP contribution is 2.37. The summed E-state index contributed by atoms with van der Waals surface area (Å²) in [7, 11) is 0. The van der Waals surface area contributed by atoms with Gasteiger partial charge in [-0.2, -0.15) is 0 Å². The van der Waals surface area contributed by atoms with E-state index < -0.39 is 5.41 Å². The van der Waals surface area contributed by atoms with Crippen molar-refractivity contribution in [2.45, 2.75) is 67.1 Å². The Hall–Kier alpha value is -1.46. The maximum atomic E-state index is 12.3. The zero-order chi connectivity index (χ0) is 20.6. The number of nitrogens with zero attached hydrogens (tertiary/aromatic N) is 1. The largest absolute Gasteiger partial charge is 0.462 e. The second-order valence-electron chi connectivity index (χ2n) is 9.01. The van der Waals surface area contributed by atoms with E-state index in [-0.39, 0.29) is 24.3 Å². The minimum atomic E-state index is -0.552. The molecule has 2 aromatic rings. The SMILES string of the molecule is Cc1ccc2c(Br)c([C@@H](COC(=O)C(C)(C)C)OC(C)(C)C)c(C)cc2n1. The van der Waals surface area contributed by atoms with Crippen LogP contribution in [0.1, 0.15) is 64.5 Å². The number of pyridine rings is 1. The van der Waals surface area contributed by atoms with Crippen molar-refractivity contribution >= 4 is 32.8 Å². The first-order valence-electron chi connectivity index (χ1n) is 9.21. The fourth-order valence-electron chi connectivity index (χ4n) is 2.84. The summed E-state index contributed by atoms with van der Waals surface area (Å²) in [5, 5.41) is 1.02. The zero-order valence-electron chi connectivity index (χ0n) is 17.6. The number of halogens is 1. The lowest BCUT2D eigenvalue weighted by atomic mass is 9.97. The molecule has 0 aliphatic heterocycles. The first-order valence-corrected chi connectivity index (χ1v) is 10.0. The molecule has 0 radical (unpaired) electrons. The summed E-state index contributed by atoms with van der Waals surface area (Å²) in [6.45, 7) is 15.7. The molecule has 0 aliphatic carbocycles. The molecule has 0 fully saturated rings. The number of carbonyl (C=O) groups is 1. The van der Waals surface area contributed by atoms with Gasteiger partial charge in [0.1, 0.15) is 12.7 Å². The Labute approximate surface area is 170 Å². The molecule has 0 bridgehead atoms. The van der Waals surface area contributed by atoms with Crippen molar-refractivity contribution in [3.8, 4) is 0 Å². The average Bonchev–Trinajstić information content (AvgIpc) is 2.49. The minimum Gasteiger partial charge on any atom is -0.462 e. The van der Waals surface area contributed by atoms with Crippen LogP contribution in [0.5, 0.6) is 0 Å². The van der Waals surface area contributed by atoms with Crippen molar-refractivity contribution in [3.63, 3.8) is 0 Å². The third kappa shape index (κ3) is 5.52. The number of aryl methyl sites for hydroxylation is 2. The third-order valence-electron chi connectivity index (χ3n) is 4.11. The molecule has 0 spiro atoms. The zero-order valence-corrected chi connectivity index (χ0v) is 19.2. The predicted molar refractivity (Wildman–Crippen MR) is 113 cm³/mol. The van der Waals surface area contributed by atoms with Gasteiger partial charge in [-0.3, -0.25) is 9.78 Å². The van der Waals surface area contributed by atoms with Gasteiger partial charge in [0, 0.05) is 21.1 Å². The minimum absolute atomic E-state index is 0.164. The van der Waals surface area contributed by atoms with Crippen LogP contribution in [0.4, 0.5) is 0 Å². The summed E-state index contributed by atoms with van der Waals surface area (Å²) >= 11 is 3.75. The molecule has 148 valence electrons. The van der Waals surface area contributed by atoms with E-state index in [1.807, 2.05) is 61.5 Å². The molecule has 0 saturated carbocycles. The maximum Gasteiger partial charge on any atom is 0.311 e. The highest BCUT2D eigenvalue weighted by atomic mass is 79.9. The summed E-state index contributed by atoms with van der Waals surface area (Å²) in [5.41, 5.74) is 3.01. The number of benzene rings is 1. The van der Waals surface area contributed by atoms with E-state index in [4.69, 9.17) is 9.47 Å². The number of aromatic nitrogens is 1. The van der Waals surface area contributed by atoms with Crippen LogP contribution in [0.25, 0.3) is 10.9 Å². The highest BCUT2D eigenvalue weighted by molar-refractivity contribution is 9.10. The number of hydrogen-bond acceptors (Lipinski definition) is 4. The van der Waals surface area contributed by atoms with Crippen LogP contribution < -0.4 is 0 Å². The van der Waals surface area contributed by atoms with Gasteiger partial charge >= 0.3 is 5.97 Å². The van der Waals surface area contributed by atoms with Crippen molar-refractivity contribution in [2.75, 3.05) is 6.61 Å². The van der Waals surface area contributed by atoms with Crippen molar-refractivity contribution in [1.82, 2.24) is 4.98 Å². The van der Waals surface area contributed by atoms with Gasteiger partial charge in [-0.25, -0.2) is 0 Å². The quantitative estimate of drug-likeness (QED) is 0.547. The molecule has 5 heteroatoms. The Morgan fingerprint density at radius 1 is 1.15 bits per heavy atom. The van der Waals surface area contributed by atoms with Gasteiger partial charge < -0.3 is 9.47 Å². The summed E-state index contributed by atoms with van der Waals surface area (Å²) in [5.74, 6) is -0.239. The molecule has 0 amide bonds. The number of carbonyl (C=O) groups excluding carboxylic acids is 1. The van der Waals surface area contributed by atoms with Crippen LogP contribution in [0.3, 0.4) is 0 Å². The van der Waals surface area contributed by atoms with Gasteiger partial charge in [-0.1, -0.05) is 0 Å². The van der Waals surface area contributed by atoms with E-state index in [1.54, 1.807) is 0 Å². The number of fused-ring (bicyclic) bond motifs is 1. The van der Waals surface area contributed by atoms with Gasteiger partial charge in [-0.05, 0) is 95.1 Å². The fraction of sp³-hybridized carbons (Fsp3) is 0.545. The number of rotatable bonds is 4. The molecule has 1 aromatic heterocycles. The van der Waals surface area contributed by atoms with E-state index in [0.29, 0.717) is 0 Å². The topological polar surface area (TPSA) is 48.4 Å². The molecule has 2 rings (SSSR count). The van der Waals surface area contributed by atoms with E-state index in [1.165, 1.54) is 0 Å². The monoisotopic (exact) mass is 435 g/mol. The number of hydrogen-bond donors (Lipinski definition) is 0. The summed E-state index contributed by atoms with van der Waals surface area (Å²) in [6.07, 6.45) is -0.378. The third-order valence-corrected chi connectivity index (χ3v) is 4.97. The molecular formula is C22H30BrNO3. The van der Waals surface area contributed by atoms with Gasteiger partial charge in [0.15, 0.2) is 0 Å². The Kier molecular flexibility index (Phi) is 6.37. The Bertz CT molecular complexity index is 847. The molecular weight excluding hydrogens is 406 g/mol. The number of ether oxygens (including phenoxy) is 2. The van der Waals surface area contributed by atoms with Crippen molar-refractivity contribution in [2.24, 2.45) is 5.41 Å². The molecule has 1 heterocycles. The van der Waals surface area contributed by atoms with Gasteiger partial charge in [0.05, 0.1) is 16.5 Å². The standard InChI is InChI=1S/C22H30BrNO3/c1-13-11-16-15(10-9-14(2)24-16)19(23)18(13)17(27-22(6,7)8)12-26-20(25)21(3,4)5/h9-11,17H,12H2,1-8H3/t17-/m1/s1. The normalized spacial score (nSPS) is 13.7. The van der Waals surface area contributed by atoms with Crippen LogP contribution in [0, 0.1) is 19.3 Å². The van der Waals surface area contributed by atoms with Gasteiger partial charge in [-0.15, -0.1) is 0 Å². The van der Waals surface area contributed by atoms with Crippen molar-refractivity contribution in [3.05, 3.63) is 39.5 Å². The van der Waals surface area contributed by atoms with Crippen LogP contribution in [-0.4, -0.2) is 23.2 Å². The summed E-state index contributed by atoms with van der Waals surface area (Å²) in [6, 6.07) is 6.11. The van der Waals surface area contributed by atoms with Gasteiger partial charge in [0.2, 0.25) is 0 Å². The molecule has 0 aliphatic rings. The summed E-state index contributed by atoms with van der Waals surface area (Å²) in [4.78, 5) is 16.9. The highest BCUT2D eigenvalue weighted by Gasteiger charge is 2.29. The second-order valence-corrected chi connectivity index (χ2v) is 9.80. The van der Waals surface area contributed by atoms with Gasteiger partial charge in [0.25, 0.3) is 0 Å². The molecule has 1 atom stereocenters. The van der Waals surface area contributed by atoms with Crippen LogP contribution in [0.15, 0.2) is 22.7 Å². The molecule has 0 unspecified atom stereocenters. The second kappa shape index (κ2) is 7.88. The molecule has 1 aromatic carbocycles. The van der Waals surface area contributed by atoms with Crippen LogP contribution >= 0.6 is 15.9 Å². The lowest BCUT2D eigenvalue weighted by molar-refractivity contribution is -0.162. The first-order chi connectivity index (χ1) is 12.3. The average molecular weight is 436 g/mol. The maximum absolute atomic E-state index is 12.3.